The molecule has 0 bridgehead atoms. The van der Waals surface area contributed by atoms with E-state index in [4.69, 9.17) is 0 Å². The van der Waals surface area contributed by atoms with E-state index in [1.54, 1.807) is 0 Å². The summed E-state index contributed by atoms with van der Waals surface area (Å²) < 4.78 is 41.1. The van der Waals surface area contributed by atoms with Crippen molar-refractivity contribution in [2.45, 2.75) is 44.9 Å². The van der Waals surface area contributed by atoms with Gasteiger partial charge in [-0.3, -0.25) is 4.79 Å². The summed E-state index contributed by atoms with van der Waals surface area (Å²) in [4.78, 5) is 28.1. The van der Waals surface area contributed by atoms with Gasteiger partial charge in [0.05, 0.1) is 6.04 Å². The average Bonchev–Trinajstić information content (AvgIpc) is 2.64. The Hall–Kier alpha value is -2.09. The first-order valence-electron chi connectivity index (χ1n) is 9.49. The van der Waals surface area contributed by atoms with Crippen molar-refractivity contribution in [3.8, 4) is 0 Å². The summed E-state index contributed by atoms with van der Waals surface area (Å²) in [7, 11) is 2.06. The monoisotopic (exact) mass is 398 g/mol. The van der Waals surface area contributed by atoms with Gasteiger partial charge in [0.2, 0.25) is 0 Å². The number of piperidine rings is 1. The molecular formula is C20H25F3N2O3. The number of esters is 1. The molecule has 154 valence electrons. The van der Waals surface area contributed by atoms with Gasteiger partial charge in [0.15, 0.2) is 6.61 Å². The first-order valence-corrected chi connectivity index (χ1v) is 9.49. The highest BCUT2D eigenvalue weighted by molar-refractivity contribution is 6.32. The topological polar surface area (TPSA) is 49.9 Å². The Bertz CT molecular complexity index is 751. The number of alkyl halides is 3. The van der Waals surface area contributed by atoms with Gasteiger partial charge in [-0.1, -0.05) is 25.1 Å². The number of likely N-dealkylation sites (tertiary alicyclic amines) is 1. The number of ether oxygens (including phenoxy) is 1. The molecule has 2 atom stereocenters. The molecule has 0 radical (unpaired) electrons. The van der Waals surface area contributed by atoms with Crippen LogP contribution in [0.25, 0.3) is 0 Å². The maximum Gasteiger partial charge on any atom is 0.422 e. The van der Waals surface area contributed by atoms with Crippen molar-refractivity contribution >= 4 is 11.9 Å². The molecule has 0 saturated carbocycles. The second-order valence-electron chi connectivity index (χ2n) is 7.86. The van der Waals surface area contributed by atoms with Crippen LogP contribution in [0.4, 0.5) is 13.2 Å². The molecule has 1 fully saturated rings. The Morgan fingerprint density at radius 1 is 1.21 bits per heavy atom. The summed E-state index contributed by atoms with van der Waals surface area (Å²) in [6, 6.07) is 5.75. The zero-order valence-electron chi connectivity index (χ0n) is 16.1. The fraction of sp³-hybridized carbons (Fsp3) is 0.600. The average molecular weight is 398 g/mol. The summed E-state index contributed by atoms with van der Waals surface area (Å²) in [5, 5.41) is 0. The van der Waals surface area contributed by atoms with E-state index in [1.807, 2.05) is 19.1 Å². The van der Waals surface area contributed by atoms with E-state index in [9.17, 15) is 22.8 Å². The molecule has 1 saturated heterocycles. The van der Waals surface area contributed by atoms with Gasteiger partial charge in [0, 0.05) is 19.6 Å². The van der Waals surface area contributed by atoms with Crippen LogP contribution >= 0.6 is 0 Å². The third kappa shape index (κ3) is 4.84. The predicted molar refractivity (Wildman–Crippen MR) is 96.3 cm³/mol. The number of hydrogen-bond donors (Lipinski definition) is 0. The van der Waals surface area contributed by atoms with Crippen molar-refractivity contribution in [3.05, 3.63) is 34.9 Å². The van der Waals surface area contributed by atoms with Crippen LogP contribution in [0.3, 0.4) is 0 Å². The number of amides is 1. The lowest BCUT2D eigenvalue weighted by molar-refractivity contribution is -0.190. The predicted octanol–water partition coefficient (Wildman–Crippen LogP) is 3.08. The molecule has 0 N–H and O–H groups in total. The molecule has 8 heteroatoms. The van der Waals surface area contributed by atoms with Crippen LogP contribution in [-0.2, 0) is 27.3 Å². The number of likely N-dealkylation sites (N-methyl/N-ethyl adjacent to an activating group) is 1. The molecule has 28 heavy (non-hydrogen) atoms. The third-order valence-corrected chi connectivity index (χ3v) is 5.44. The maximum atomic E-state index is 12.6. The minimum atomic E-state index is -4.66. The van der Waals surface area contributed by atoms with Crippen LogP contribution in [0.15, 0.2) is 18.2 Å². The first kappa shape index (κ1) is 20.6. The zero-order valence-corrected chi connectivity index (χ0v) is 16.1. The van der Waals surface area contributed by atoms with E-state index < -0.39 is 24.7 Å². The molecule has 2 unspecified atom stereocenters. The Kier molecular flexibility index (Phi) is 5.98. The highest BCUT2D eigenvalue weighted by Gasteiger charge is 2.37. The minimum absolute atomic E-state index is 0.168. The van der Waals surface area contributed by atoms with Crippen molar-refractivity contribution < 1.29 is 27.5 Å². The Morgan fingerprint density at radius 2 is 1.96 bits per heavy atom. The van der Waals surface area contributed by atoms with E-state index >= 15 is 0 Å². The van der Waals surface area contributed by atoms with Crippen LogP contribution < -0.4 is 0 Å². The lowest BCUT2D eigenvalue weighted by atomic mass is 9.87. The SMILES string of the molecule is CC1CCC(c2ccc3c(c2)CCN(C)C3)N(C(=O)C(=O)OCC(F)(F)F)C1. The van der Waals surface area contributed by atoms with Gasteiger partial charge in [-0.05, 0) is 48.9 Å². The van der Waals surface area contributed by atoms with Crippen molar-refractivity contribution in [1.82, 2.24) is 9.80 Å². The number of nitrogens with zero attached hydrogens (tertiary/aromatic N) is 2. The van der Waals surface area contributed by atoms with Crippen molar-refractivity contribution in [1.29, 1.82) is 0 Å². The number of carbonyl (C=O) groups is 2. The second kappa shape index (κ2) is 8.11. The molecule has 5 nitrogen and oxygen atoms in total. The van der Waals surface area contributed by atoms with Crippen LogP contribution in [0, 0.1) is 5.92 Å². The van der Waals surface area contributed by atoms with Gasteiger partial charge in [0.25, 0.3) is 0 Å². The summed E-state index contributed by atoms with van der Waals surface area (Å²) in [6.07, 6.45) is -2.20. The van der Waals surface area contributed by atoms with Crippen LogP contribution in [-0.4, -0.2) is 54.6 Å². The van der Waals surface area contributed by atoms with Gasteiger partial charge >= 0.3 is 18.1 Å². The second-order valence-corrected chi connectivity index (χ2v) is 7.86. The lowest BCUT2D eigenvalue weighted by Crippen LogP contribution is -2.45. The van der Waals surface area contributed by atoms with Crippen molar-refractivity contribution in [2.24, 2.45) is 5.92 Å². The molecule has 1 aromatic carbocycles. The summed E-state index contributed by atoms with van der Waals surface area (Å²) in [6.45, 7) is 2.34. The van der Waals surface area contributed by atoms with E-state index in [0.29, 0.717) is 13.0 Å². The van der Waals surface area contributed by atoms with Crippen LogP contribution in [0.2, 0.25) is 0 Å². The summed E-state index contributed by atoms with van der Waals surface area (Å²) in [5.74, 6) is -2.28. The number of rotatable bonds is 2. The Labute approximate surface area is 162 Å². The molecule has 0 aromatic heterocycles. The van der Waals surface area contributed by atoms with Gasteiger partial charge in [-0.2, -0.15) is 13.2 Å². The molecule has 2 aliphatic rings. The highest BCUT2D eigenvalue weighted by Crippen LogP contribution is 2.35. The number of carbonyl (C=O) groups excluding carboxylic acids is 2. The number of fused-ring (bicyclic) bond motifs is 1. The molecule has 1 amide bonds. The Morgan fingerprint density at radius 3 is 2.68 bits per heavy atom. The van der Waals surface area contributed by atoms with Gasteiger partial charge in [-0.15, -0.1) is 0 Å². The first-order chi connectivity index (χ1) is 13.1. The van der Waals surface area contributed by atoms with Gasteiger partial charge < -0.3 is 14.5 Å². The molecule has 0 spiro atoms. The normalized spacial score (nSPS) is 23.2. The molecule has 2 heterocycles. The smallest absolute Gasteiger partial charge is 0.422 e. The zero-order chi connectivity index (χ0) is 20.5. The maximum absolute atomic E-state index is 12.6. The fourth-order valence-electron chi connectivity index (χ4n) is 3.97. The lowest BCUT2D eigenvalue weighted by Gasteiger charge is -2.39. The quantitative estimate of drug-likeness (QED) is 0.568. The van der Waals surface area contributed by atoms with E-state index in [1.165, 1.54) is 16.0 Å². The fourth-order valence-corrected chi connectivity index (χ4v) is 3.97. The van der Waals surface area contributed by atoms with E-state index in [-0.39, 0.29) is 12.0 Å². The highest BCUT2D eigenvalue weighted by atomic mass is 19.4. The number of hydrogen-bond acceptors (Lipinski definition) is 4. The van der Waals surface area contributed by atoms with Gasteiger partial charge in [0.1, 0.15) is 0 Å². The van der Waals surface area contributed by atoms with Gasteiger partial charge in [-0.25, -0.2) is 4.79 Å². The molecule has 2 aliphatic heterocycles. The van der Waals surface area contributed by atoms with Crippen molar-refractivity contribution in [2.75, 3.05) is 26.7 Å². The molecular weight excluding hydrogens is 373 g/mol. The molecule has 1 aromatic rings. The summed E-state index contributed by atoms with van der Waals surface area (Å²) in [5.41, 5.74) is 3.39. The standard InChI is InChI=1S/C20H25F3N2O3/c1-13-3-6-17(15-4-5-16-11-24(2)8-7-14(16)9-15)25(10-13)18(26)19(27)28-12-20(21,22)23/h4-5,9,13,17H,3,6-8,10-12H2,1-2H3. The van der Waals surface area contributed by atoms with Crippen LogP contribution in [0.5, 0.6) is 0 Å². The third-order valence-electron chi connectivity index (χ3n) is 5.44. The summed E-state index contributed by atoms with van der Waals surface area (Å²) >= 11 is 0. The van der Waals surface area contributed by atoms with Crippen molar-refractivity contribution in [3.63, 3.8) is 0 Å². The minimum Gasteiger partial charge on any atom is -0.449 e. The number of halogens is 3. The number of benzene rings is 1. The molecule has 3 rings (SSSR count). The molecule has 0 aliphatic carbocycles. The van der Waals surface area contributed by atoms with Crippen LogP contribution in [0.1, 0.15) is 42.5 Å². The largest absolute Gasteiger partial charge is 0.449 e. The van der Waals surface area contributed by atoms with E-state index in [2.05, 4.69) is 22.8 Å². The Balaban J connectivity index is 1.79. The van der Waals surface area contributed by atoms with E-state index in [0.717, 1.165) is 31.5 Å².